The quantitative estimate of drug-likeness (QED) is 0.459. The largest absolute Gasteiger partial charge is 0.493 e. The zero-order chi connectivity index (χ0) is 22.0. The molecule has 1 N–H and O–H groups in total. The average molecular weight is 439 g/mol. The summed E-state index contributed by atoms with van der Waals surface area (Å²) < 4.78 is 28.6. The predicted octanol–water partition coefficient (Wildman–Crippen LogP) is 4.24. The van der Waals surface area contributed by atoms with Gasteiger partial charge in [0.1, 0.15) is 0 Å². The molecule has 1 aliphatic rings. The first kappa shape index (κ1) is 21.0. The van der Waals surface area contributed by atoms with Gasteiger partial charge in [0.15, 0.2) is 5.69 Å². The van der Waals surface area contributed by atoms with Crippen molar-refractivity contribution in [1.29, 1.82) is 0 Å². The van der Waals surface area contributed by atoms with Gasteiger partial charge in [-0.05, 0) is 37.1 Å². The van der Waals surface area contributed by atoms with Crippen LogP contribution in [0.1, 0.15) is 23.2 Å². The highest BCUT2D eigenvalue weighted by molar-refractivity contribution is 7.89. The van der Waals surface area contributed by atoms with Gasteiger partial charge in [-0.15, -0.1) is 16.8 Å². The van der Waals surface area contributed by atoms with Crippen LogP contribution < -0.4 is 0 Å². The van der Waals surface area contributed by atoms with Crippen molar-refractivity contribution in [3.8, 4) is 5.88 Å². The van der Waals surface area contributed by atoms with Gasteiger partial charge < -0.3 is 9.67 Å². The second-order valence-corrected chi connectivity index (χ2v) is 9.17. The Kier molecular flexibility index (Phi) is 5.71. The summed E-state index contributed by atoms with van der Waals surface area (Å²) in [7, 11) is -3.64. The van der Waals surface area contributed by atoms with Gasteiger partial charge in [-0.1, -0.05) is 30.3 Å². The number of aromatic hydroxyl groups is 1. The van der Waals surface area contributed by atoms with Crippen molar-refractivity contribution < 1.29 is 18.3 Å². The van der Waals surface area contributed by atoms with Crippen molar-refractivity contribution >= 4 is 32.5 Å². The molecule has 1 aliphatic heterocycles. The summed E-state index contributed by atoms with van der Waals surface area (Å²) in [5, 5.41) is 18.9. The molecule has 8 nitrogen and oxygen atoms in total. The number of carbonyl (C=O) groups excluding carboxylic acids is 1. The lowest BCUT2D eigenvalue weighted by Gasteiger charge is -2.15. The standard InChI is InChI=1S/C22H22N4O4S/c1-2-12-26-19-11-4-3-10-18(19)20(22(26)28)23-24-21(27)16-8-7-9-17(15-16)31(29,30)25-13-5-6-14-25/h2-4,7-11,15,28H,1,5-6,12-14H2. The van der Waals surface area contributed by atoms with E-state index in [9.17, 15) is 18.3 Å². The minimum absolute atomic E-state index is 0.0564. The molecular weight excluding hydrogens is 416 g/mol. The maximum atomic E-state index is 12.8. The van der Waals surface area contributed by atoms with Crippen LogP contribution in [0, 0.1) is 0 Å². The van der Waals surface area contributed by atoms with Crippen LogP contribution in [0.2, 0.25) is 0 Å². The van der Waals surface area contributed by atoms with Gasteiger partial charge in [-0.25, -0.2) is 8.42 Å². The molecule has 9 heteroatoms. The Hall–Kier alpha value is -3.30. The molecule has 2 aromatic carbocycles. The van der Waals surface area contributed by atoms with Crippen molar-refractivity contribution in [3.05, 3.63) is 66.7 Å². The highest BCUT2D eigenvalue weighted by Crippen LogP contribution is 2.38. The van der Waals surface area contributed by atoms with Crippen molar-refractivity contribution in [2.24, 2.45) is 10.2 Å². The van der Waals surface area contributed by atoms with Crippen LogP contribution in [0.5, 0.6) is 5.88 Å². The molecule has 0 radical (unpaired) electrons. The lowest BCUT2D eigenvalue weighted by atomic mass is 10.2. The SMILES string of the molecule is C=CCn1c(O)c(N=NC(=O)c2cccc(S(=O)(=O)N3CCCC3)c2)c2ccccc21. The molecule has 1 amide bonds. The number of hydrogen-bond donors (Lipinski definition) is 1. The molecule has 0 bridgehead atoms. The van der Waals surface area contributed by atoms with Crippen LogP contribution in [-0.4, -0.2) is 41.4 Å². The molecule has 3 aromatic rings. The number of azo groups is 1. The van der Waals surface area contributed by atoms with Crippen molar-refractivity contribution in [2.45, 2.75) is 24.3 Å². The summed E-state index contributed by atoms with van der Waals surface area (Å²) in [4.78, 5) is 12.7. The number of fused-ring (bicyclic) bond motifs is 1. The molecule has 0 unspecified atom stereocenters. The van der Waals surface area contributed by atoms with Crippen LogP contribution >= 0.6 is 0 Å². The second-order valence-electron chi connectivity index (χ2n) is 7.23. The molecule has 31 heavy (non-hydrogen) atoms. The number of carbonyl (C=O) groups is 1. The van der Waals surface area contributed by atoms with E-state index in [-0.39, 0.29) is 22.0 Å². The van der Waals surface area contributed by atoms with Gasteiger partial charge in [0.2, 0.25) is 15.9 Å². The van der Waals surface area contributed by atoms with Gasteiger partial charge in [-0.2, -0.15) is 4.31 Å². The summed E-state index contributed by atoms with van der Waals surface area (Å²) in [5.41, 5.74) is 1.02. The number of rotatable bonds is 6. The molecule has 0 atom stereocenters. The molecule has 0 spiro atoms. The highest BCUT2D eigenvalue weighted by Gasteiger charge is 2.27. The summed E-state index contributed by atoms with van der Waals surface area (Å²) in [6, 6.07) is 13.0. The Bertz CT molecular complexity index is 1290. The van der Waals surface area contributed by atoms with Crippen LogP contribution in [0.4, 0.5) is 5.69 Å². The van der Waals surface area contributed by atoms with Gasteiger partial charge >= 0.3 is 0 Å². The topological polar surface area (TPSA) is 104 Å². The van der Waals surface area contributed by atoms with E-state index in [1.165, 1.54) is 28.6 Å². The third kappa shape index (κ3) is 3.89. The third-order valence-corrected chi connectivity index (χ3v) is 7.15. The molecule has 2 heterocycles. The Balaban J connectivity index is 1.65. The fourth-order valence-electron chi connectivity index (χ4n) is 3.70. The second kappa shape index (κ2) is 8.44. The zero-order valence-electron chi connectivity index (χ0n) is 16.8. The average Bonchev–Trinajstić information content (AvgIpc) is 3.41. The summed E-state index contributed by atoms with van der Waals surface area (Å²) in [6.45, 7) is 5.02. The molecule has 1 fully saturated rings. The molecule has 1 saturated heterocycles. The van der Waals surface area contributed by atoms with Crippen LogP contribution in [0.15, 0.2) is 76.3 Å². The monoisotopic (exact) mass is 438 g/mol. The molecule has 0 aliphatic carbocycles. The molecule has 1 aromatic heterocycles. The Morgan fingerprint density at radius 3 is 2.61 bits per heavy atom. The molecular formula is C22H22N4O4S. The van der Waals surface area contributed by atoms with Gasteiger partial charge in [0.05, 0.1) is 10.4 Å². The number of nitrogens with zero attached hydrogens (tertiary/aromatic N) is 4. The first-order valence-electron chi connectivity index (χ1n) is 9.91. The number of benzene rings is 2. The van der Waals surface area contributed by atoms with E-state index in [2.05, 4.69) is 16.8 Å². The third-order valence-electron chi connectivity index (χ3n) is 5.25. The van der Waals surface area contributed by atoms with Gasteiger partial charge in [0, 0.05) is 30.6 Å². The van der Waals surface area contributed by atoms with E-state index in [1.807, 2.05) is 12.1 Å². The molecule has 160 valence electrons. The minimum atomic E-state index is -3.64. The van der Waals surface area contributed by atoms with E-state index in [1.54, 1.807) is 22.8 Å². The van der Waals surface area contributed by atoms with Crippen molar-refractivity contribution in [1.82, 2.24) is 8.87 Å². The minimum Gasteiger partial charge on any atom is -0.493 e. The van der Waals surface area contributed by atoms with E-state index >= 15 is 0 Å². The zero-order valence-corrected chi connectivity index (χ0v) is 17.6. The molecule has 0 saturated carbocycles. The normalized spacial score (nSPS) is 15.1. The van der Waals surface area contributed by atoms with E-state index in [0.29, 0.717) is 25.0 Å². The number of amides is 1. The lowest BCUT2D eigenvalue weighted by molar-refractivity contribution is 0.0995. The summed E-state index contributed by atoms with van der Waals surface area (Å²) >= 11 is 0. The van der Waals surface area contributed by atoms with Gasteiger partial charge in [0.25, 0.3) is 5.91 Å². The van der Waals surface area contributed by atoms with Gasteiger partial charge in [-0.3, -0.25) is 4.79 Å². The Morgan fingerprint density at radius 2 is 1.87 bits per heavy atom. The number of allylic oxidation sites excluding steroid dienone is 1. The number of sulfonamides is 1. The van der Waals surface area contributed by atoms with E-state index in [4.69, 9.17) is 0 Å². The maximum absolute atomic E-state index is 12.8. The predicted molar refractivity (Wildman–Crippen MR) is 117 cm³/mol. The van der Waals surface area contributed by atoms with E-state index < -0.39 is 15.9 Å². The van der Waals surface area contributed by atoms with Crippen LogP contribution in [0.25, 0.3) is 10.9 Å². The van der Waals surface area contributed by atoms with Crippen LogP contribution in [0.3, 0.4) is 0 Å². The number of aromatic nitrogens is 1. The lowest BCUT2D eigenvalue weighted by Crippen LogP contribution is -2.27. The summed E-state index contributed by atoms with van der Waals surface area (Å²) in [5.74, 6) is -0.818. The first-order chi connectivity index (χ1) is 14.9. The van der Waals surface area contributed by atoms with Crippen molar-refractivity contribution in [3.63, 3.8) is 0 Å². The van der Waals surface area contributed by atoms with Crippen LogP contribution in [-0.2, 0) is 16.6 Å². The smallest absolute Gasteiger partial charge is 0.295 e. The Morgan fingerprint density at radius 1 is 1.13 bits per heavy atom. The maximum Gasteiger partial charge on any atom is 0.295 e. The summed E-state index contributed by atoms with van der Waals surface area (Å²) in [6.07, 6.45) is 3.30. The molecule has 4 rings (SSSR count). The first-order valence-corrected chi connectivity index (χ1v) is 11.3. The number of hydrogen-bond acceptors (Lipinski definition) is 5. The fraction of sp³-hybridized carbons (Fsp3) is 0.227. The van der Waals surface area contributed by atoms with E-state index in [0.717, 1.165) is 18.4 Å². The highest BCUT2D eigenvalue weighted by atomic mass is 32.2. The Labute approximate surface area is 180 Å². The van der Waals surface area contributed by atoms with Crippen molar-refractivity contribution in [2.75, 3.05) is 13.1 Å². The fourth-order valence-corrected chi connectivity index (χ4v) is 5.27. The number of para-hydroxylation sites is 1.